The number of hydrogen-bond acceptors (Lipinski definition) is 2. The van der Waals surface area contributed by atoms with Crippen molar-refractivity contribution in [3.8, 4) is 0 Å². The van der Waals surface area contributed by atoms with Crippen LogP contribution in [-0.4, -0.2) is 24.0 Å². The van der Waals surface area contributed by atoms with Gasteiger partial charge in [-0.25, -0.2) is 4.79 Å². The highest BCUT2D eigenvalue weighted by atomic mass is 16.4. The summed E-state index contributed by atoms with van der Waals surface area (Å²) < 4.78 is 0. The first-order chi connectivity index (χ1) is 10.5. The fourth-order valence-electron chi connectivity index (χ4n) is 2.96. The number of hydrogen-bond donors (Lipinski definition) is 1. The predicted octanol–water partition coefficient (Wildman–Crippen LogP) is 3.17. The van der Waals surface area contributed by atoms with E-state index in [2.05, 4.69) is 0 Å². The molecule has 1 N–H and O–H groups in total. The van der Waals surface area contributed by atoms with E-state index in [1.165, 1.54) is 0 Å². The summed E-state index contributed by atoms with van der Waals surface area (Å²) in [5.41, 5.74) is 4.89. The van der Waals surface area contributed by atoms with Crippen LogP contribution in [0.25, 0.3) is 5.57 Å². The molecule has 0 unspecified atom stereocenters. The lowest BCUT2D eigenvalue weighted by Gasteiger charge is -2.14. The number of fused-ring (bicyclic) bond motifs is 1. The van der Waals surface area contributed by atoms with Crippen molar-refractivity contribution in [2.75, 3.05) is 11.9 Å². The number of carboxylic acid groups (broad SMARTS) is 1. The standard InChI is InChI=1S/C18H17NO3/c1-11-9-13(18(21)22)8-7-12(11)10-15-14-5-3-4-6-16(14)19(2)17(15)20/h3-6,9-10H,7-8H2,1-2H3,(H,21,22)/b15-10-. The highest BCUT2D eigenvalue weighted by Gasteiger charge is 2.29. The highest BCUT2D eigenvalue weighted by molar-refractivity contribution is 6.32. The Morgan fingerprint density at radius 3 is 2.68 bits per heavy atom. The highest BCUT2D eigenvalue weighted by Crippen LogP contribution is 2.37. The minimum atomic E-state index is -0.868. The van der Waals surface area contributed by atoms with Gasteiger partial charge >= 0.3 is 5.97 Å². The van der Waals surface area contributed by atoms with Gasteiger partial charge in [-0.15, -0.1) is 0 Å². The number of carboxylic acids is 1. The van der Waals surface area contributed by atoms with Crippen LogP contribution in [0.1, 0.15) is 25.3 Å². The van der Waals surface area contributed by atoms with Gasteiger partial charge in [-0.05, 0) is 49.1 Å². The molecule has 1 aliphatic carbocycles. The Hall–Kier alpha value is -2.62. The monoisotopic (exact) mass is 295 g/mol. The molecule has 3 rings (SSSR count). The molecule has 112 valence electrons. The average molecular weight is 295 g/mol. The van der Waals surface area contributed by atoms with Crippen molar-refractivity contribution in [3.05, 3.63) is 58.7 Å². The van der Waals surface area contributed by atoms with E-state index in [1.807, 2.05) is 37.3 Å². The largest absolute Gasteiger partial charge is 0.478 e. The maximum Gasteiger partial charge on any atom is 0.331 e. The van der Waals surface area contributed by atoms with Crippen LogP contribution in [0.5, 0.6) is 0 Å². The minimum absolute atomic E-state index is 0.0190. The lowest BCUT2D eigenvalue weighted by molar-refractivity contribution is -0.132. The quantitative estimate of drug-likeness (QED) is 0.853. The second-order valence-electron chi connectivity index (χ2n) is 5.62. The van der Waals surface area contributed by atoms with Gasteiger partial charge in [-0.1, -0.05) is 18.2 Å². The minimum Gasteiger partial charge on any atom is -0.478 e. The van der Waals surface area contributed by atoms with Crippen molar-refractivity contribution in [2.24, 2.45) is 0 Å². The fraction of sp³-hybridized carbons (Fsp3) is 0.222. The number of anilines is 1. The van der Waals surface area contributed by atoms with Gasteiger partial charge in [-0.3, -0.25) is 4.79 Å². The number of aliphatic carboxylic acids is 1. The van der Waals surface area contributed by atoms with Crippen molar-refractivity contribution in [1.29, 1.82) is 0 Å². The molecular weight excluding hydrogens is 278 g/mol. The van der Waals surface area contributed by atoms with E-state index in [-0.39, 0.29) is 5.91 Å². The summed E-state index contributed by atoms with van der Waals surface area (Å²) in [5, 5.41) is 9.07. The number of benzene rings is 1. The van der Waals surface area contributed by atoms with Crippen molar-refractivity contribution < 1.29 is 14.7 Å². The molecule has 0 aromatic heterocycles. The Balaban J connectivity index is 2.05. The Bertz CT molecular complexity index is 768. The first-order valence-electron chi connectivity index (χ1n) is 7.22. The van der Waals surface area contributed by atoms with Gasteiger partial charge in [0.1, 0.15) is 0 Å². The van der Waals surface area contributed by atoms with Crippen molar-refractivity contribution in [2.45, 2.75) is 19.8 Å². The SMILES string of the molecule is CC1=C(/C=C2\C(=O)N(C)c3ccccc32)CCC(C(=O)O)=C1. The molecule has 0 fully saturated rings. The first-order valence-corrected chi connectivity index (χ1v) is 7.22. The summed E-state index contributed by atoms with van der Waals surface area (Å²) >= 11 is 0. The molecule has 0 saturated heterocycles. The molecule has 0 radical (unpaired) electrons. The molecule has 1 amide bonds. The summed E-state index contributed by atoms with van der Waals surface area (Å²) in [5.74, 6) is -0.886. The number of allylic oxidation sites excluding steroid dienone is 4. The third-order valence-corrected chi connectivity index (χ3v) is 4.24. The molecule has 0 spiro atoms. The maximum absolute atomic E-state index is 12.4. The maximum atomic E-state index is 12.4. The van der Waals surface area contributed by atoms with Crippen LogP contribution in [-0.2, 0) is 9.59 Å². The summed E-state index contributed by atoms with van der Waals surface area (Å²) in [6.45, 7) is 1.89. The van der Waals surface area contributed by atoms with Gasteiger partial charge < -0.3 is 10.0 Å². The zero-order chi connectivity index (χ0) is 15.9. The topological polar surface area (TPSA) is 57.6 Å². The summed E-state index contributed by atoms with van der Waals surface area (Å²) in [4.78, 5) is 25.1. The summed E-state index contributed by atoms with van der Waals surface area (Å²) in [6, 6.07) is 7.71. The molecule has 1 aromatic rings. The second kappa shape index (κ2) is 5.30. The van der Waals surface area contributed by atoms with E-state index in [4.69, 9.17) is 5.11 Å². The molecule has 2 aliphatic rings. The van der Waals surface area contributed by atoms with Crippen LogP contribution < -0.4 is 4.90 Å². The Labute approximate surface area is 129 Å². The van der Waals surface area contributed by atoms with Crippen molar-refractivity contribution in [3.63, 3.8) is 0 Å². The summed E-state index contributed by atoms with van der Waals surface area (Å²) in [7, 11) is 1.77. The van der Waals surface area contributed by atoms with Crippen LogP contribution >= 0.6 is 0 Å². The van der Waals surface area contributed by atoms with Gasteiger partial charge in [0, 0.05) is 23.8 Å². The lowest BCUT2D eigenvalue weighted by atomic mass is 9.91. The Morgan fingerprint density at radius 1 is 1.27 bits per heavy atom. The number of nitrogens with zero attached hydrogens (tertiary/aromatic N) is 1. The van der Waals surface area contributed by atoms with E-state index in [1.54, 1.807) is 18.0 Å². The van der Waals surface area contributed by atoms with Gasteiger partial charge in [0.05, 0.1) is 5.69 Å². The van der Waals surface area contributed by atoms with E-state index in [9.17, 15) is 9.59 Å². The van der Waals surface area contributed by atoms with Gasteiger partial charge in [0.25, 0.3) is 5.91 Å². The molecule has 0 bridgehead atoms. The zero-order valence-corrected chi connectivity index (χ0v) is 12.6. The number of carbonyl (C=O) groups is 2. The van der Waals surface area contributed by atoms with Gasteiger partial charge in [-0.2, -0.15) is 0 Å². The molecular formula is C18H17NO3. The molecule has 1 aliphatic heterocycles. The number of amides is 1. The number of carbonyl (C=O) groups excluding carboxylic acids is 1. The van der Waals surface area contributed by atoms with Crippen molar-refractivity contribution >= 4 is 23.1 Å². The smallest absolute Gasteiger partial charge is 0.331 e. The number of para-hydroxylation sites is 1. The van der Waals surface area contributed by atoms with Crippen LogP contribution in [0.4, 0.5) is 5.69 Å². The van der Waals surface area contributed by atoms with Crippen LogP contribution in [0.2, 0.25) is 0 Å². The normalized spacial score (nSPS) is 19.5. The molecule has 22 heavy (non-hydrogen) atoms. The van der Waals surface area contributed by atoms with E-state index < -0.39 is 5.97 Å². The van der Waals surface area contributed by atoms with E-state index in [0.717, 1.165) is 22.4 Å². The molecule has 4 nitrogen and oxygen atoms in total. The molecule has 0 atom stereocenters. The third kappa shape index (κ3) is 2.26. The Kier molecular flexibility index (Phi) is 3.45. The lowest BCUT2D eigenvalue weighted by Crippen LogP contribution is -2.20. The molecule has 0 saturated carbocycles. The van der Waals surface area contributed by atoms with Crippen LogP contribution in [0, 0.1) is 0 Å². The van der Waals surface area contributed by atoms with Crippen molar-refractivity contribution in [1.82, 2.24) is 0 Å². The first kappa shape index (κ1) is 14.3. The van der Waals surface area contributed by atoms with Crippen LogP contribution in [0.15, 0.2) is 53.1 Å². The molecule has 1 heterocycles. The number of rotatable bonds is 2. The number of likely N-dealkylation sites (N-methyl/N-ethyl adjacent to an activating group) is 1. The van der Waals surface area contributed by atoms with E-state index in [0.29, 0.717) is 24.0 Å². The predicted molar refractivity (Wildman–Crippen MR) is 85.5 cm³/mol. The van der Waals surface area contributed by atoms with E-state index >= 15 is 0 Å². The summed E-state index contributed by atoms with van der Waals surface area (Å²) in [6.07, 6.45) is 4.76. The molecule has 4 heteroatoms. The second-order valence-corrected chi connectivity index (χ2v) is 5.62. The van der Waals surface area contributed by atoms with Gasteiger partial charge in [0.15, 0.2) is 0 Å². The fourth-order valence-corrected chi connectivity index (χ4v) is 2.96. The molecule has 1 aromatic carbocycles. The van der Waals surface area contributed by atoms with Gasteiger partial charge in [0.2, 0.25) is 0 Å². The average Bonchev–Trinajstić information content (AvgIpc) is 2.74. The third-order valence-electron chi connectivity index (χ3n) is 4.24. The zero-order valence-electron chi connectivity index (χ0n) is 12.6. The van der Waals surface area contributed by atoms with Crippen LogP contribution in [0.3, 0.4) is 0 Å². The Morgan fingerprint density at radius 2 is 2.00 bits per heavy atom.